The van der Waals surface area contributed by atoms with Crippen LogP contribution in [-0.2, 0) is 22.9 Å². The van der Waals surface area contributed by atoms with Crippen LogP contribution in [0.1, 0.15) is 42.2 Å². The normalized spacial score (nSPS) is 15.2. The number of rotatable bonds is 9. The molecule has 0 bridgehead atoms. The molecule has 1 aromatic heterocycles. The number of aliphatic hydroxyl groups excluding tert-OH is 1. The lowest BCUT2D eigenvalue weighted by molar-refractivity contribution is 0.172. The Morgan fingerprint density at radius 3 is 2.81 bits per heavy atom. The molecule has 32 heavy (non-hydrogen) atoms. The van der Waals surface area contributed by atoms with E-state index in [0.717, 1.165) is 24.8 Å². The van der Waals surface area contributed by atoms with Gasteiger partial charge in [0.2, 0.25) is 10.0 Å². The molecule has 0 amide bonds. The molecule has 172 valence electrons. The van der Waals surface area contributed by atoms with Crippen LogP contribution in [-0.4, -0.2) is 44.5 Å². The van der Waals surface area contributed by atoms with Crippen LogP contribution in [0.5, 0.6) is 5.75 Å². The lowest BCUT2D eigenvalue weighted by Crippen LogP contribution is -2.26. The average molecular weight is 458 g/mol. The Labute approximate surface area is 189 Å². The van der Waals surface area contributed by atoms with Gasteiger partial charge >= 0.3 is 0 Å². The molecule has 8 heteroatoms. The number of aliphatic hydroxyl groups is 1. The first kappa shape index (κ1) is 22.6. The summed E-state index contributed by atoms with van der Waals surface area (Å²) in [6, 6.07) is 13.0. The van der Waals surface area contributed by atoms with E-state index in [2.05, 4.69) is 27.2 Å². The summed E-state index contributed by atoms with van der Waals surface area (Å²) < 4.78 is 31.1. The van der Waals surface area contributed by atoms with Crippen LogP contribution in [0.2, 0.25) is 0 Å². The highest BCUT2D eigenvalue weighted by molar-refractivity contribution is 7.92. The van der Waals surface area contributed by atoms with Gasteiger partial charge in [0.25, 0.3) is 0 Å². The van der Waals surface area contributed by atoms with Crippen LogP contribution in [0.4, 0.5) is 5.69 Å². The number of H-pyrrole nitrogens is 1. The van der Waals surface area contributed by atoms with Crippen LogP contribution < -0.4 is 14.8 Å². The molecule has 3 aromatic rings. The molecule has 1 heterocycles. The molecule has 0 saturated heterocycles. The van der Waals surface area contributed by atoms with E-state index in [-0.39, 0.29) is 0 Å². The van der Waals surface area contributed by atoms with E-state index in [1.165, 1.54) is 41.4 Å². The molecule has 0 unspecified atom stereocenters. The topological polar surface area (TPSA) is 103 Å². The third-order valence-corrected chi connectivity index (χ3v) is 6.39. The number of fused-ring (bicyclic) bond motifs is 3. The predicted molar refractivity (Wildman–Crippen MR) is 128 cm³/mol. The van der Waals surface area contributed by atoms with Gasteiger partial charge < -0.3 is 20.1 Å². The van der Waals surface area contributed by atoms with Crippen molar-refractivity contribution >= 4 is 26.6 Å². The fraction of sp³-hybridized carbons (Fsp3) is 0.417. The molecular formula is C24H31N3O4S. The van der Waals surface area contributed by atoms with Crippen LogP contribution >= 0.6 is 0 Å². The summed E-state index contributed by atoms with van der Waals surface area (Å²) in [6.45, 7) is 1.41. The van der Waals surface area contributed by atoms with Crippen molar-refractivity contribution in [1.82, 2.24) is 10.3 Å². The zero-order chi connectivity index (χ0) is 22.6. The summed E-state index contributed by atoms with van der Waals surface area (Å²) in [7, 11) is -3.35. The van der Waals surface area contributed by atoms with Gasteiger partial charge in [-0.25, -0.2) is 8.42 Å². The standard InChI is InChI=1S/C24H31N3O4S/c1-32(29,30)27-18-7-5-6-17(14-18)24(28)16-25-12-13-31-19-10-11-23-21(15-19)20-8-3-2-4-9-22(20)26-23/h5-7,10-11,14-15,24-28H,2-4,8-9,12-13,16H2,1H3/t24-/m0/s1. The van der Waals surface area contributed by atoms with Gasteiger partial charge in [-0.15, -0.1) is 0 Å². The third-order valence-electron chi connectivity index (χ3n) is 5.78. The van der Waals surface area contributed by atoms with Gasteiger partial charge in [-0.3, -0.25) is 4.72 Å². The summed E-state index contributed by atoms with van der Waals surface area (Å²) in [6.07, 6.45) is 6.38. The Kier molecular flexibility index (Phi) is 7.03. The maximum Gasteiger partial charge on any atom is 0.229 e. The fourth-order valence-corrected chi connectivity index (χ4v) is 4.83. The number of aromatic nitrogens is 1. The lowest BCUT2D eigenvalue weighted by atomic mass is 10.1. The number of aryl methyl sites for hydroxylation is 2. The second-order valence-electron chi connectivity index (χ2n) is 8.42. The Bertz CT molecular complexity index is 1170. The molecule has 2 aromatic carbocycles. The van der Waals surface area contributed by atoms with E-state index in [1.807, 2.05) is 6.07 Å². The average Bonchev–Trinajstić information content (AvgIpc) is 2.92. The summed E-state index contributed by atoms with van der Waals surface area (Å²) >= 11 is 0. The van der Waals surface area contributed by atoms with Gasteiger partial charge in [-0.05, 0) is 67.1 Å². The lowest BCUT2D eigenvalue weighted by Gasteiger charge is -2.14. The number of benzene rings is 2. The van der Waals surface area contributed by atoms with Crippen molar-refractivity contribution in [3.05, 3.63) is 59.3 Å². The van der Waals surface area contributed by atoms with Crippen molar-refractivity contribution in [1.29, 1.82) is 0 Å². The van der Waals surface area contributed by atoms with Crippen LogP contribution in [0.3, 0.4) is 0 Å². The van der Waals surface area contributed by atoms with E-state index in [4.69, 9.17) is 4.74 Å². The number of anilines is 1. The zero-order valence-corrected chi connectivity index (χ0v) is 19.2. The molecule has 0 saturated carbocycles. The predicted octanol–water partition coefficient (Wildman–Crippen LogP) is 3.51. The maximum atomic E-state index is 11.4. The number of ether oxygens (including phenoxy) is 1. The fourth-order valence-electron chi connectivity index (χ4n) is 4.27. The largest absolute Gasteiger partial charge is 0.492 e. The highest BCUT2D eigenvalue weighted by atomic mass is 32.2. The summed E-state index contributed by atoms with van der Waals surface area (Å²) in [4.78, 5) is 3.57. The SMILES string of the molecule is CS(=O)(=O)Nc1cccc([C@@H](O)CNCCOc2ccc3[nH]c4c(c3c2)CCCCC4)c1. The van der Waals surface area contributed by atoms with Gasteiger partial charge in [-0.2, -0.15) is 0 Å². The number of aromatic amines is 1. The van der Waals surface area contributed by atoms with Crippen molar-refractivity contribution in [3.63, 3.8) is 0 Å². The van der Waals surface area contributed by atoms with Crippen molar-refractivity contribution in [3.8, 4) is 5.75 Å². The molecule has 1 aliphatic rings. The van der Waals surface area contributed by atoms with E-state index in [1.54, 1.807) is 24.3 Å². The minimum absolute atomic E-state index is 0.343. The zero-order valence-electron chi connectivity index (χ0n) is 18.4. The monoisotopic (exact) mass is 457 g/mol. The first-order valence-electron chi connectivity index (χ1n) is 11.1. The summed E-state index contributed by atoms with van der Waals surface area (Å²) in [5.41, 5.74) is 5.08. The van der Waals surface area contributed by atoms with Gasteiger partial charge in [0.05, 0.1) is 12.4 Å². The molecule has 0 spiro atoms. The van der Waals surface area contributed by atoms with E-state index >= 15 is 0 Å². The second kappa shape index (κ2) is 9.94. The Morgan fingerprint density at radius 1 is 1.12 bits per heavy atom. The second-order valence-corrected chi connectivity index (χ2v) is 10.2. The van der Waals surface area contributed by atoms with Gasteiger partial charge in [0.15, 0.2) is 0 Å². The van der Waals surface area contributed by atoms with Crippen molar-refractivity contribution in [2.75, 3.05) is 30.7 Å². The highest BCUT2D eigenvalue weighted by Gasteiger charge is 2.15. The van der Waals surface area contributed by atoms with Crippen LogP contribution in [0.15, 0.2) is 42.5 Å². The smallest absolute Gasteiger partial charge is 0.229 e. The Hall–Kier alpha value is -2.55. The third kappa shape index (κ3) is 5.82. The number of hydrogen-bond donors (Lipinski definition) is 4. The highest BCUT2D eigenvalue weighted by Crippen LogP contribution is 2.31. The molecule has 7 nitrogen and oxygen atoms in total. The maximum absolute atomic E-state index is 11.4. The number of hydrogen-bond acceptors (Lipinski definition) is 5. The molecular weight excluding hydrogens is 426 g/mol. The molecule has 0 radical (unpaired) electrons. The Balaban J connectivity index is 1.27. The quantitative estimate of drug-likeness (QED) is 0.291. The minimum atomic E-state index is -3.35. The van der Waals surface area contributed by atoms with Crippen LogP contribution in [0, 0.1) is 0 Å². The van der Waals surface area contributed by atoms with Crippen molar-refractivity contribution in [2.45, 2.75) is 38.2 Å². The molecule has 0 aliphatic heterocycles. The molecule has 1 atom stereocenters. The molecule has 4 N–H and O–H groups in total. The van der Waals surface area contributed by atoms with Gasteiger partial charge in [-0.1, -0.05) is 18.6 Å². The van der Waals surface area contributed by atoms with Gasteiger partial charge in [0.1, 0.15) is 12.4 Å². The van der Waals surface area contributed by atoms with Crippen LogP contribution in [0.25, 0.3) is 10.9 Å². The summed E-state index contributed by atoms with van der Waals surface area (Å²) in [5.74, 6) is 0.852. The number of sulfonamides is 1. The number of nitrogens with one attached hydrogen (secondary N) is 3. The first-order valence-corrected chi connectivity index (χ1v) is 13.0. The Morgan fingerprint density at radius 2 is 1.97 bits per heavy atom. The molecule has 0 fully saturated rings. The van der Waals surface area contributed by atoms with Gasteiger partial charge in [0, 0.05) is 35.4 Å². The van der Waals surface area contributed by atoms with E-state index in [0.29, 0.717) is 30.9 Å². The van der Waals surface area contributed by atoms with Crippen molar-refractivity contribution in [2.24, 2.45) is 0 Å². The minimum Gasteiger partial charge on any atom is -0.492 e. The van der Waals surface area contributed by atoms with Crippen molar-refractivity contribution < 1.29 is 18.3 Å². The van der Waals surface area contributed by atoms with E-state index in [9.17, 15) is 13.5 Å². The first-order chi connectivity index (χ1) is 15.4. The summed E-state index contributed by atoms with van der Waals surface area (Å²) in [5, 5.41) is 14.9. The molecule has 4 rings (SSSR count). The molecule has 1 aliphatic carbocycles. The van der Waals surface area contributed by atoms with E-state index < -0.39 is 16.1 Å².